The first-order valence-electron chi connectivity index (χ1n) is 10.4. The van der Waals surface area contributed by atoms with Crippen LogP contribution >= 0.6 is 0 Å². The normalized spacial score (nSPS) is 27.0. The van der Waals surface area contributed by atoms with E-state index in [9.17, 15) is 19.7 Å². The van der Waals surface area contributed by atoms with Crippen LogP contribution in [0.4, 0.5) is 5.69 Å². The number of anilines is 1. The molecule has 158 valence electrons. The lowest BCUT2D eigenvalue weighted by Gasteiger charge is -2.48. The number of ether oxygens (including phenoxy) is 1. The molecule has 0 saturated carbocycles. The van der Waals surface area contributed by atoms with Crippen LogP contribution in [0.15, 0.2) is 72.8 Å². The highest BCUT2D eigenvalue weighted by Gasteiger charge is 2.74. The number of benzene rings is 3. The Labute approximate surface area is 183 Å². The van der Waals surface area contributed by atoms with E-state index >= 15 is 0 Å². The van der Waals surface area contributed by atoms with Gasteiger partial charge in [0.25, 0.3) is 5.54 Å². The van der Waals surface area contributed by atoms with Crippen LogP contribution < -0.4 is 9.64 Å². The maximum absolute atomic E-state index is 13.8. The Balaban J connectivity index is 1.65. The predicted octanol–water partition coefficient (Wildman–Crippen LogP) is 3.48. The van der Waals surface area contributed by atoms with Gasteiger partial charge in [-0.2, -0.15) is 0 Å². The number of carbonyl (C=O) groups excluding carboxylic acids is 2. The average Bonchev–Trinajstić information content (AvgIpc) is 3.09. The monoisotopic (exact) mass is 426 g/mol. The summed E-state index contributed by atoms with van der Waals surface area (Å²) in [5.74, 6) is -2.83. The number of nitrogens with zero attached hydrogens (tertiary/aromatic N) is 2. The Morgan fingerprint density at radius 2 is 1.53 bits per heavy atom. The molecular formula is C25H18N2O5. The minimum absolute atomic E-state index is 0.361. The molecule has 0 radical (unpaired) electrons. The molecule has 1 heterocycles. The molecule has 0 N–H and O–H groups in total. The van der Waals surface area contributed by atoms with Crippen molar-refractivity contribution in [2.45, 2.75) is 11.5 Å². The molecule has 1 aliphatic heterocycles. The maximum Gasteiger partial charge on any atom is 0.285 e. The number of carbonyl (C=O) groups is 2. The average molecular weight is 426 g/mol. The van der Waals surface area contributed by atoms with Crippen LogP contribution in [0.3, 0.4) is 0 Å². The van der Waals surface area contributed by atoms with Crippen molar-refractivity contribution < 1.29 is 19.2 Å². The quantitative estimate of drug-likeness (QED) is 0.363. The lowest BCUT2D eigenvalue weighted by atomic mass is 9.51. The van der Waals surface area contributed by atoms with Crippen LogP contribution in [-0.4, -0.2) is 23.8 Å². The number of nitro groups is 1. The molecule has 4 aliphatic rings. The number of rotatable bonds is 3. The van der Waals surface area contributed by atoms with Crippen molar-refractivity contribution in [1.29, 1.82) is 0 Å². The lowest BCUT2D eigenvalue weighted by Crippen LogP contribution is -2.57. The van der Waals surface area contributed by atoms with Crippen LogP contribution in [0.2, 0.25) is 0 Å². The first-order valence-corrected chi connectivity index (χ1v) is 10.4. The van der Waals surface area contributed by atoms with E-state index in [4.69, 9.17) is 4.74 Å². The van der Waals surface area contributed by atoms with E-state index in [0.717, 1.165) is 16.0 Å². The molecular weight excluding hydrogens is 408 g/mol. The summed E-state index contributed by atoms with van der Waals surface area (Å²) in [6.45, 7) is 0. The molecule has 3 aromatic carbocycles. The Morgan fingerprint density at radius 3 is 2.12 bits per heavy atom. The molecule has 3 aliphatic carbocycles. The van der Waals surface area contributed by atoms with E-state index in [1.165, 1.54) is 7.11 Å². The van der Waals surface area contributed by atoms with Gasteiger partial charge >= 0.3 is 0 Å². The van der Waals surface area contributed by atoms with Gasteiger partial charge in [0.1, 0.15) is 11.7 Å². The fraction of sp³-hybridized carbons (Fsp3) is 0.200. The third kappa shape index (κ3) is 2.01. The molecule has 2 bridgehead atoms. The summed E-state index contributed by atoms with van der Waals surface area (Å²) in [5, 5.41) is 12.9. The van der Waals surface area contributed by atoms with Crippen LogP contribution in [0.5, 0.6) is 5.75 Å². The van der Waals surface area contributed by atoms with Crippen LogP contribution in [0, 0.1) is 22.0 Å². The summed E-state index contributed by atoms with van der Waals surface area (Å²) in [4.78, 5) is 41.2. The molecule has 7 rings (SSSR count). The van der Waals surface area contributed by atoms with E-state index in [1.54, 1.807) is 48.5 Å². The highest BCUT2D eigenvalue weighted by Crippen LogP contribution is 2.64. The van der Waals surface area contributed by atoms with Gasteiger partial charge in [0.2, 0.25) is 11.8 Å². The third-order valence-electron chi connectivity index (χ3n) is 7.17. The first kappa shape index (κ1) is 18.7. The molecule has 32 heavy (non-hydrogen) atoms. The Kier molecular flexibility index (Phi) is 3.67. The third-order valence-corrected chi connectivity index (χ3v) is 7.17. The zero-order valence-electron chi connectivity index (χ0n) is 17.1. The fourth-order valence-corrected chi connectivity index (χ4v) is 6.05. The van der Waals surface area contributed by atoms with Gasteiger partial charge in [-0.05, 0) is 23.3 Å². The molecule has 7 heteroatoms. The summed E-state index contributed by atoms with van der Waals surface area (Å²) < 4.78 is 5.26. The highest BCUT2D eigenvalue weighted by molar-refractivity contribution is 6.23. The summed E-state index contributed by atoms with van der Waals surface area (Å²) in [6, 6.07) is 21.0. The number of hydrogen-bond donors (Lipinski definition) is 0. The molecule has 2 amide bonds. The highest BCUT2D eigenvalue weighted by atomic mass is 16.6. The van der Waals surface area contributed by atoms with Crippen LogP contribution in [0.1, 0.15) is 28.2 Å². The molecule has 7 nitrogen and oxygen atoms in total. The maximum atomic E-state index is 13.8. The Morgan fingerprint density at radius 1 is 0.906 bits per heavy atom. The molecule has 0 spiro atoms. The van der Waals surface area contributed by atoms with Crippen molar-refractivity contribution in [3.63, 3.8) is 0 Å². The van der Waals surface area contributed by atoms with Gasteiger partial charge in [-0.3, -0.25) is 19.7 Å². The van der Waals surface area contributed by atoms with E-state index in [-0.39, 0.29) is 4.92 Å². The minimum Gasteiger partial charge on any atom is -0.497 e. The Hall–Kier alpha value is -4.00. The first-order chi connectivity index (χ1) is 15.5. The SMILES string of the molecule is COc1cccc(N2C(=O)[C@H]3C4c5ccccc5C([N+](=O)[O-])(c5ccccc54)[C@H]3C2=O)c1. The molecule has 1 saturated heterocycles. The second-order valence-electron chi connectivity index (χ2n) is 8.39. The van der Waals surface area contributed by atoms with E-state index < -0.39 is 35.1 Å². The van der Waals surface area contributed by atoms with Gasteiger partial charge in [-0.1, -0.05) is 54.6 Å². The second-order valence-corrected chi connectivity index (χ2v) is 8.39. The summed E-state index contributed by atoms with van der Waals surface area (Å²) >= 11 is 0. The topological polar surface area (TPSA) is 89.8 Å². The lowest BCUT2D eigenvalue weighted by molar-refractivity contribution is -0.578. The zero-order chi connectivity index (χ0) is 22.2. The van der Waals surface area contributed by atoms with Gasteiger partial charge in [0, 0.05) is 28.0 Å². The van der Waals surface area contributed by atoms with Crippen molar-refractivity contribution >= 4 is 17.5 Å². The molecule has 2 atom stereocenters. The largest absolute Gasteiger partial charge is 0.497 e. The minimum atomic E-state index is -1.81. The smallest absolute Gasteiger partial charge is 0.285 e. The molecule has 3 aromatic rings. The van der Waals surface area contributed by atoms with Crippen molar-refractivity contribution in [3.05, 3.63) is 105 Å². The number of methoxy groups -OCH3 is 1. The Bertz CT molecular complexity index is 1290. The standard InChI is InChI=1S/C25H18N2O5/c1-32-15-8-6-7-14(13-15)26-23(28)21-20-16-9-2-4-11-18(16)25(27(30)31,22(21)24(26)29)19-12-5-3-10-17(19)20/h2-13,20-22H,1H3/t20?,21-,22+,25?/m0/s1. The van der Waals surface area contributed by atoms with E-state index in [1.807, 2.05) is 24.3 Å². The predicted molar refractivity (Wildman–Crippen MR) is 115 cm³/mol. The summed E-state index contributed by atoms with van der Waals surface area (Å²) in [7, 11) is 1.50. The number of imide groups is 1. The molecule has 1 fully saturated rings. The zero-order valence-corrected chi connectivity index (χ0v) is 17.1. The molecule has 0 aromatic heterocycles. The molecule has 0 unspecified atom stereocenters. The summed E-state index contributed by atoms with van der Waals surface area (Å²) in [5.41, 5.74) is 1.05. The van der Waals surface area contributed by atoms with Crippen molar-refractivity contribution in [2.75, 3.05) is 12.0 Å². The van der Waals surface area contributed by atoms with Crippen LogP contribution in [0.25, 0.3) is 0 Å². The van der Waals surface area contributed by atoms with Gasteiger partial charge in [-0.25, -0.2) is 4.90 Å². The fourth-order valence-electron chi connectivity index (χ4n) is 6.05. The van der Waals surface area contributed by atoms with Gasteiger partial charge in [-0.15, -0.1) is 0 Å². The summed E-state index contributed by atoms with van der Waals surface area (Å²) in [6.07, 6.45) is 0. The second kappa shape index (κ2) is 6.26. The van der Waals surface area contributed by atoms with Gasteiger partial charge < -0.3 is 4.74 Å². The van der Waals surface area contributed by atoms with Gasteiger partial charge in [0.15, 0.2) is 0 Å². The van der Waals surface area contributed by atoms with Crippen molar-refractivity contribution in [3.8, 4) is 5.75 Å². The van der Waals surface area contributed by atoms with Crippen LogP contribution in [-0.2, 0) is 15.1 Å². The number of amides is 2. The van der Waals surface area contributed by atoms with Gasteiger partial charge in [0.05, 0.1) is 18.7 Å². The van der Waals surface area contributed by atoms with E-state index in [2.05, 4.69) is 0 Å². The van der Waals surface area contributed by atoms with Crippen molar-refractivity contribution in [1.82, 2.24) is 0 Å². The van der Waals surface area contributed by atoms with Crippen molar-refractivity contribution in [2.24, 2.45) is 11.8 Å². The number of hydrogen-bond acceptors (Lipinski definition) is 5. The van der Waals surface area contributed by atoms with E-state index in [0.29, 0.717) is 22.6 Å².